The summed E-state index contributed by atoms with van der Waals surface area (Å²) >= 11 is 0. The van der Waals surface area contributed by atoms with Gasteiger partial charge in [0.25, 0.3) is 5.91 Å². The number of carbonyl (C=O) groups is 2. The van der Waals surface area contributed by atoms with Gasteiger partial charge in [0.2, 0.25) is 0 Å². The van der Waals surface area contributed by atoms with Crippen molar-refractivity contribution < 1.29 is 14.7 Å². The van der Waals surface area contributed by atoms with Crippen molar-refractivity contribution in [1.82, 2.24) is 14.9 Å². The third kappa shape index (κ3) is 3.07. The first-order chi connectivity index (χ1) is 14.2. The highest BCUT2D eigenvalue weighted by Crippen LogP contribution is 2.31. The van der Waals surface area contributed by atoms with Crippen molar-refractivity contribution in [2.24, 2.45) is 10.9 Å². The number of carboxylic acids is 1. The molecule has 0 saturated carbocycles. The van der Waals surface area contributed by atoms with Gasteiger partial charge in [0.1, 0.15) is 22.7 Å². The number of amidine groups is 1. The molecule has 1 aliphatic rings. The Morgan fingerprint density at radius 1 is 1.20 bits per heavy atom. The lowest BCUT2D eigenvalue weighted by atomic mass is 9.89. The van der Waals surface area contributed by atoms with Crippen LogP contribution in [0.2, 0.25) is 0 Å². The lowest BCUT2D eigenvalue weighted by Crippen LogP contribution is -2.41. The van der Waals surface area contributed by atoms with E-state index in [1.165, 1.54) is 0 Å². The van der Waals surface area contributed by atoms with Crippen molar-refractivity contribution in [3.63, 3.8) is 0 Å². The van der Waals surface area contributed by atoms with Gasteiger partial charge in [0.05, 0.1) is 16.6 Å². The molecule has 7 nitrogen and oxygen atoms in total. The van der Waals surface area contributed by atoms with Crippen LogP contribution in [-0.2, 0) is 11.3 Å². The SMILES string of the molecule is Cc1nc2c(C3=NC(C)(C(C)C)C(=O)N3)c(C(=O)O)ccc2n1Cc1ccccc1. The number of imidazole rings is 1. The first kappa shape index (κ1) is 19.8. The number of nitrogens with one attached hydrogen (secondary N) is 1. The summed E-state index contributed by atoms with van der Waals surface area (Å²) in [5, 5.41) is 12.6. The number of carbonyl (C=O) groups excluding carboxylic acids is 1. The largest absolute Gasteiger partial charge is 0.478 e. The fourth-order valence-corrected chi connectivity index (χ4v) is 3.75. The number of aromatic carboxylic acids is 1. The van der Waals surface area contributed by atoms with Gasteiger partial charge in [-0.2, -0.15) is 0 Å². The highest BCUT2D eigenvalue weighted by molar-refractivity contribution is 6.22. The monoisotopic (exact) mass is 404 g/mol. The second kappa shape index (κ2) is 7.09. The van der Waals surface area contributed by atoms with Gasteiger partial charge >= 0.3 is 5.97 Å². The highest BCUT2D eigenvalue weighted by Gasteiger charge is 2.43. The van der Waals surface area contributed by atoms with E-state index in [2.05, 4.69) is 15.3 Å². The van der Waals surface area contributed by atoms with Gasteiger partial charge in [-0.05, 0) is 37.5 Å². The van der Waals surface area contributed by atoms with Gasteiger partial charge < -0.3 is 15.0 Å². The molecule has 1 atom stereocenters. The van der Waals surface area contributed by atoms with Crippen molar-refractivity contribution >= 4 is 28.7 Å². The van der Waals surface area contributed by atoms with Crippen LogP contribution in [0.3, 0.4) is 0 Å². The topological polar surface area (TPSA) is 96.6 Å². The van der Waals surface area contributed by atoms with Crippen molar-refractivity contribution in [3.8, 4) is 0 Å². The summed E-state index contributed by atoms with van der Waals surface area (Å²) in [6, 6.07) is 13.3. The summed E-state index contributed by atoms with van der Waals surface area (Å²) in [5.41, 5.74) is 1.91. The fourth-order valence-electron chi connectivity index (χ4n) is 3.75. The van der Waals surface area contributed by atoms with E-state index < -0.39 is 11.5 Å². The molecule has 1 amide bonds. The van der Waals surface area contributed by atoms with Gasteiger partial charge in [-0.3, -0.25) is 9.79 Å². The molecule has 0 aliphatic carbocycles. The highest BCUT2D eigenvalue weighted by atomic mass is 16.4. The Bertz CT molecular complexity index is 1190. The van der Waals surface area contributed by atoms with Crippen LogP contribution in [0.4, 0.5) is 0 Å². The van der Waals surface area contributed by atoms with Gasteiger partial charge in [-0.25, -0.2) is 9.78 Å². The molecule has 0 fully saturated rings. The lowest BCUT2D eigenvalue weighted by molar-refractivity contribution is -0.124. The van der Waals surface area contributed by atoms with E-state index in [1.54, 1.807) is 19.1 Å². The van der Waals surface area contributed by atoms with E-state index in [9.17, 15) is 14.7 Å². The van der Waals surface area contributed by atoms with Crippen molar-refractivity contribution in [2.45, 2.75) is 39.8 Å². The molecular formula is C23H24N4O3. The zero-order valence-corrected chi connectivity index (χ0v) is 17.4. The number of hydrogen-bond donors (Lipinski definition) is 2. The molecule has 1 unspecified atom stereocenters. The molecule has 0 bridgehead atoms. The van der Waals surface area contributed by atoms with Crippen LogP contribution in [0, 0.1) is 12.8 Å². The zero-order valence-electron chi connectivity index (χ0n) is 17.4. The van der Waals surface area contributed by atoms with Crippen molar-refractivity contribution in [2.75, 3.05) is 0 Å². The number of nitrogens with zero attached hydrogens (tertiary/aromatic N) is 3. The number of aromatic nitrogens is 2. The van der Waals surface area contributed by atoms with Crippen LogP contribution in [0.5, 0.6) is 0 Å². The maximum Gasteiger partial charge on any atom is 0.336 e. The summed E-state index contributed by atoms with van der Waals surface area (Å²) < 4.78 is 2.04. The molecule has 4 rings (SSSR count). The molecule has 30 heavy (non-hydrogen) atoms. The minimum atomic E-state index is -1.09. The van der Waals surface area contributed by atoms with E-state index in [0.717, 1.165) is 16.9 Å². The smallest absolute Gasteiger partial charge is 0.336 e. The fraction of sp³-hybridized carbons (Fsp3) is 0.304. The van der Waals surface area contributed by atoms with Crippen molar-refractivity contribution in [1.29, 1.82) is 0 Å². The standard InChI is InChI=1S/C23H24N4O3/c1-13(2)23(4)22(30)25-20(26-23)18-16(21(28)29)10-11-17-19(18)24-14(3)27(17)12-15-8-6-5-7-9-15/h5-11,13H,12H2,1-4H3,(H,28,29)(H,25,26,30). The number of aryl methyl sites for hydroxylation is 1. The Balaban J connectivity index is 1.93. The first-order valence-corrected chi connectivity index (χ1v) is 9.91. The molecule has 0 saturated heterocycles. The number of amides is 1. The molecule has 0 radical (unpaired) electrons. The van der Waals surface area contributed by atoms with Gasteiger partial charge in [0.15, 0.2) is 0 Å². The average molecular weight is 404 g/mol. The predicted molar refractivity (Wildman–Crippen MR) is 115 cm³/mol. The molecule has 3 aromatic rings. The maximum absolute atomic E-state index is 12.7. The second-order valence-corrected chi connectivity index (χ2v) is 8.11. The molecule has 7 heteroatoms. The van der Waals surface area contributed by atoms with Gasteiger partial charge in [0, 0.05) is 6.54 Å². The van der Waals surface area contributed by atoms with E-state index in [0.29, 0.717) is 17.6 Å². The first-order valence-electron chi connectivity index (χ1n) is 9.91. The van der Waals surface area contributed by atoms with Crippen LogP contribution >= 0.6 is 0 Å². The number of rotatable bonds is 5. The Kier molecular flexibility index (Phi) is 4.68. The predicted octanol–water partition coefficient (Wildman–Crippen LogP) is 3.38. The van der Waals surface area contributed by atoms with E-state index in [4.69, 9.17) is 0 Å². The summed E-state index contributed by atoms with van der Waals surface area (Å²) in [5.74, 6) is -0.337. The molecule has 2 aromatic carbocycles. The number of hydrogen-bond acceptors (Lipinski definition) is 4. The molecule has 2 N–H and O–H groups in total. The second-order valence-electron chi connectivity index (χ2n) is 8.11. The average Bonchev–Trinajstić information content (AvgIpc) is 3.19. The molecule has 1 aromatic heterocycles. The summed E-state index contributed by atoms with van der Waals surface area (Å²) in [6.07, 6.45) is 0. The third-order valence-electron chi connectivity index (χ3n) is 5.92. The normalized spacial score (nSPS) is 18.7. The summed E-state index contributed by atoms with van der Waals surface area (Å²) in [6.45, 7) is 8.10. The van der Waals surface area contributed by atoms with Crippen LogP contribution in [0.15, 0.2) is 47.5 Å². The molecule has 1 aliphatic heterocycles. The van der Waals surface area contributed by atoms with E-state index >= 15 is 0 Å². The molecule has 2 heterocycles. The van der Waals surface area contributed by atoms with Crippen LogP contribution in [0.1, 0.15) is 48.1 Å². The molecule has 0 spiro atoms. The summed E-state index contributed by atoms with van der Waals surface area (Å²) in [4.78, 5) is 33.9. The Morgan fingerprint density at radius 2 is 1.90 bits per heavy atom. The third-order valence-corrected chi connectivity index (χ3v) is 5.92. The minimum Gasteiger partial charge on any atom is -0.478 e. The van der Waals surface area contributed by atoms with Gasteiger partial charge in [-0.1, -0.05) is 44.2 Å². The summed E-state index contributed by atoms with van der Waals surface area (Å²) in [7, 11) is 0. The minimum absolute atomic E-state index is 0.0418. The Hall–Kier alpha value is -3.48. The van der Waals surface area contributed by atoms with E-state index in [-0.39, 0.29) is 23.2 Å². The molecule has 154 valence electrons. The lowest BCUT2D eigenvalue weighted by Gasteiger charge is -2.21. The maximum atomic E-state index is 12.7. The molecular weight excluding hydrogens is 380 g/mol. The quantitative estimate of drug-likeness (QED) is 0.681. The number of aliphatic imine (C=N–C) groups is 1. The van der Waals surface area contributed by atoms with Gasteiger partial charge in [-0.15, -0.1) is 0 Å². The Morgan fingerprint density at radius 3 is 2.50 bits per heavy atom. The number of fused-ring (bicyclic) bond motifs is 1. The van der Waals surface area contributed by atoms with E-state index in [1.807, 2.05) is 55.7 Å². The number of benzene rings is 2. The zero-order chi connectivity index (χ0) is 21.6. The van der Waals surface area contributed by atoms with Crippen LogP contribution in [0.25, 0.3) is 11.0 Å². The van der Waals surface area contributed by atoms with Crippen molar-refractivity contribution in [3.05, 3.63) is 65.0 Å². The number of carboxylic acid groups (broad SMARTS) is 1. The van der Waals surface area contributed by atoms with Crippen LogP contribution in [-0.4, -0.2) is 37.9 Å². The Labute approximate surface area is 174 Å². The van der Waals surface area contributed by atoms with Crippen LogP contribution < -0.4 is 5.32 Å².